The normalized spacial score (nSPS) is 12.8. The Bertz CT molecular complexity index is 1180. The second kappa shape index (κ2) is 12.1. The van der Waals surface area contributed by atoms with Crippen molar-refractivity contribution in [1.29, 1.82) is 0 Å². The predicted molar refractivity (Wildman–Crippen MR) is 143 cm³/mol. The number of nitrogens with zero attached hydrogens (tertiary/aromatic N) is 1. The van der Waals surface area contributed by atoms with Gasteiger partial charge in [0.05, 0.1) is 37.2 Å². The molecule has 0 N–H and O–H groups in total. The molecule has 0 aliphatic carbocycles. The van der Waals surface area contributed by atoms with Crippen LogP contribution in [0.25, 0.3) is 0 Å². The summed E-state index contributed by atoms with van der Waals surface area (Å²) in [4.78, 5) is 24.5. The van der Waals surface area contributed by atoms with Crippen molar-refractivity contribution in [2.75, 3.05) is 20.0 Å². The Hall–Kier alpha value is -2.27. The van der Waals surface area contributed by atoms with Gasteiger partial charge in [0.15, 0.2) is 0 Å². The van der Waals surface area contributed by atoms with Crippen LogP contribution in [-0.4, -0.2) is 52.7 Å². The van der Waals surface area contributed by atoms with E-state index in [4.69, 9.17) is 9.47 Å². The van der Waals surface area contributed by atoms with Gasteiger partial charge in [0.1, 0.15) is 0 Å². The summed E-state index contributed by atoms with van der Waals surface area (Å²) in [6.45, 7) is 10.2. The van der Waals surface area contributed by atoms with E-state index in [9.17, 15) is 18.0 Å². The van der Waals surface area contributed by atoms with Gasteiger partial charge < -0.3 is 9.47 Å². The van der Waals surface area contributed by atoms with Crippen molar-refractivity contribution in [2.24, 2.45) is 0 Å². The van der Waals surface area contributed by atoms with Crippen molar-refractivity contribution in [1.82, 2.24) is 4.31 Å². The molecule has 0 spiro atoms. The van der Waals surface area contributed by atoms with Crippen LogP contribution in [0, 0.1) is 0 Å². The Kier molecular flexibility index (Phi) is 10.0. The van der Waals surface area contributed by atoms with Crippen LogP contribution in [0.1, 0.15) is 27.5 Å². The number of halogens is 1. The molecular formula is C25H32BrNO6SSi. The lowest BCUT2D eigenvalue weighted by atomic mass is 9.98. The summed E-state index contributed by atoms with van der Waals surface area (Å²) < 4.78 is 39.3. The third kappa shape index (κ3) is 7.86. The van der Waals surface area contributed by atoms with Gasteiger partial charge in [-0.25, -0.2) is 18.0 Å². The third-order valence-corrected chi connectivity index (χ3v) is 10.1. The van der Waals surface area contributed by atoms with Crippen LogP contribution in [0.2, 0.25) is 25.7 Å². The maximum absolute atomic E-state index is 13.8. The number of ether oxygens (including phenoxy) is 2. The minimum Gasteiger partial charge on any atom is -0.466 e. The summed E-state index contributed by atoms with van der Waals surface area (Å²) in [5.74, 6) is -1.30. The van der Waals surface area contributed by atoms with Gasteiger partial charge in [-0.2, -0.15) is 4.31 Å². The molecule has 0 bridgehead atoms. The molecule has 0 saturated carbocycles. The van der Waals surface area contributed by atoms with Crippen molar-refractivity contribution >= 4 is 46.0 Å². The number of hydrogen-bond donors (Lipinski definition) is 0. The highest BCUT2D eigenvalue weighted by atomic mass is 79.9. The second-order valence-electron chi connectivity index (χ2n) is 9.30. The maximum atomic E-state index is 13.8. The number of carbonyl (C=O) groups excluding carboxylic acids is 2. The summed E-state index contributed by atoms with van der Waals surface area (Å²) >= 11 is 3.50. The number of esters is 2. The van der Waals surface area contributed by atoms with E-state index in [0.29, 0.717) is 17.2 Å². The smallest absolute Gasteiger partial charge is 0.337 e. The van der Waals surface area contributed by atoms with Gasteiger partial charge >= 0.3 is 11.9 Å². The molecule has 2 aromatic rings. The molecule has 10 heteroatoms. The topological polar surface area (TPSA) is 90.0 Å². The number of hydrogen-bond acceptors (Lipinski definition) is 6. The number of benzene rings is 2. The Balaban J connectivity index is 2.67. The SMILES string of the molecule is C=C(C(=O)OC)C(c1ccc(C(=O)OC)cc1)N(Cc1ccccc1Br)S(=O)(=O)CC[Si](C)(C)C. The first-order valence-corrected chi connectivity index (χ1v) is 17.1. The lowest BCUT2D eigenvalue weighted by Crippen LogP contribution is -2.40. The number of sulfonamides is 1. The maximum Gasteiger partial charge on any atom is 0.337 e. The van der Waals surface area contributed by atoms with Crippen LogP contribution >= 0.6 is 15.9 Å². The summed E-state index contributed by atoms with van der Waals surface area (Å²) in [7, 11) is -3.03. The molecule has 0 fully saturated rings. The van der Waals surface area contributed by atoms with Crippen molar-refractivity contribution in [3.63, 3.8) is 0 Å². The van der Waals surface area contributed by atoms with E-state index >= 15 is 0 Å². The first-order chi connectivity index (χ1) is 16.3. The molecule has 0 heterocycles. The molecule has 0 aliphatic heterocycles. The predicted octanol–water partition coefficient (Wildman–Crippen LogP) is 5.18. The summed E-state index contributed by atoms with van der Waals surface area (Å²) in [6.07, 6.45) is 0. The number of carbonyl (C=O) groups is 2. The van der Waals surface area contributed by atoms with Crippen LogP contribution < -0.4 is 0 Å². The van der Waals surface area contributed by atoms with E-state index < -0.39 is 36.1 Å². The largest absolute Gasteiger partial charge is 0.466 e. The van der Waals surface area contributed by atoms with E-state index in [2.05, 4.69) is 42.1 Å². The zero-order valence-electron chi connectivity index (χ0n) is 20.7. The van der Waals surface area contributed by atoms with Crippen LogP contribution in [0.15, 0.2) is 65.2 Å². The van der Waals surface area contributed by atoms with E-state index in [1.807, 2.05) is 24.3 Å². The summed E-state index contributed by atoms with van der Waals surface area (Å²) in [5.41, 5.74) is 1.49. The zero-order valence-corrected chi connectivity index (χ0v) is 24.1. The van der Waals surface area contributed by atoms with E-state index in [1.165, 1.54) is 30.7 Å². The standard InChI is InChI=1S/C25H32BrNO6SSi/c1-18(24(28)32-2)23(19-11-13-20(14-12-19)25(29)33-3)27(17-21-9-7-8-10-22(21)26)34(30,31)15-16-35(4,5)6/h7-14,23H,1,15-17H2,2-6H3. The molecule has 0 radical (unpaired) electrons. The fourth-order valence-electron chi connectivity index (χ4n) is 3.40. The van der Waals surface area contributed by atoms with Crippen molar-refractivity contribution in [3.05, 3.63) is 81.8 Å². The minimum atomic E-state index is -3.85. The quantitative estimate of drug-likeness (QED) is 0.206. The van der Waals surface area contributed by atoms with Gasteiger partial charge in [0, 0.05) is 19.1 Å². The van der Waals surface area contributed by atoms with Crippen molar-refractivity contribution < 1.29 is 27.5 Å². The van der Waals surface area contributed by atoms with E-state index in [0.717, 1.165) is 10.0 Å². The van der Waals surface area contributed by atoms with Gasteiger partial charge in [0.2, 0.25) is 10.0 Å². The Morgan fingerprint density at radius 3 is 2.14 bits per heavy atom. The Morgan fingerprint density at radius 2 is 1.63 bits per heavy atom. The lowest BCUT2D eigenvalue weighted by molar-refractivity contribution is -0.136. The van der Waals surface area contributed by atoms with E-state index in [-0.39, 0.29) is 17.9 Å². The Morgan fingerprint density at radius 1 is 1.03 bits per heavy atom. The summed E-state index contributed by atoms with van der Waals surface area (Å²) in [6, 6.07) is 13.1. The van der Waals surface area contributed by atoms with Crippen LogP contribution in [0.4, 0.5) is 0 Å². The molecule has 2 rings (SSSR count). The van der Waals surface area contributed by atoms with Crippen LogP contribution in [0.3, 0.4) is 0 Å². The first kappa shape index (κ1) is 29.0. The molecule has 0 aliphatic rings. The highest BCUT2D eigenvalue weighted by Gasteiger charge is 2.37. The minimum absolute atomic E-state index is 0.00882. The first-order valence-electron chi connectivity index (χ1n) is 11.0. The van der Waals surface area contributed by atoms with Crippen molar-refractivity contribution in [3.8, 4) is 0 Å². The average molecular weight is 583 g/mol. The van der Waals surface area contributed by atoms with Gasteiger partial charge in [-0.3, -0.25) is 0 Å². The molecule has 0 amide bonds. The molecule has 190 valence electrons. The molecule has 1 atom stereocenters. The zero-order chi connectivity index (χ0) is 26.4. The fourth-order valence-corrected chi connectivity index (χ4v) is 8.43. The van der Waals surface area contributed by atoms with Gasteiger partial charge in [-0.1, -0.05) is 72.5 Å². The lowest BCUT2D eigenvalue weighted by Gasteiger charge is -2.33. The van der Waals surface area contributed by atoms with Gasteiger partial charge in [-0.15, -0.1) is 0 Å². The van der Waals surface area contributed by atoms with Crippen molar-refractivity contribution in [2.45, 2.75) is 38.3 Å². The van der Waals surface area contributed by atoms with Crippen LogP contribution in [0.5, 0.6) is 0 Å². The fraction of sp³-hybridized carbons (Fsp3) is 0.360. The molecular weight excluding hydrogens is 550 g/mol. The Labute approximate surface area is 217 Å². The molecule has 35 heavy (non-hydrogen) atoms. The molecule has 0 saturated heterocycles. The average Bonchev–Trinajstić information content (AvgIpc) is 2.82. The summed E-state index contributed by atoms with van der Waals surface area (Å²) in [5, 5.41) is 0. The second-order valence-corrected chi connectivity index (χ2v) is 17.8. The van der Waals surface area contributed by atoms with E-state index in [1.54, 1.807) is 12.1 Å². The van der Waals surface area contributed by atoms with Gasteiger partial charge in [0.25, 0.3) is 0 Å². The molecule has 1 unspecified atom stereocenters. The molecule has 0 aromatic heterocycles. The highest BCUT2D eigenvalue weighted by Crippen LogP contribution is 2.35. The monoisotopic (exact) mass is 581 g/mol. The number of rotatable bonds is 11. The van der Waals surface area contributed by atoms with Crippen LogP contribution in [-0.2, 0) is 30.8 Å². The van der Waals surface area contributed by atoms with Gasteiger partial charge in [-0.05, 0) is 35.4 Å². The third-order valence-electron chi connectivity index (χ3n) is 5.46. The highest BCUT2D eigenvalue weighted by molar-refractivity contribution is 9.10. The molecule has 7 nitrogen and oxygen atoms in total. The number of methoxy groups -OCH3 is 2. The molecule has 2 aromatic carbocycles.